The number of methoxy groups -OCH3 is 1. The summed E-state index contributed by atoms with van der Waals surface area (Å²) in [7, 11) is 1.65. The van der Waals surface area contributed by atoms with Crippen molar-refractivity contribution >= 4 is 29.0 Å². The zero-order valence-corrected chi connectivity index (χ0v) is 21.3. The summed E-state index contributed by atoms with van der Waals surface area (Å²) >= 11 is 6.22. The van der Waals surface area contributed by atoms with Crippen LogP contribution in [0, 0.1) is 24.0 Å². The lowest BCUT2D eigenvalue weighted by atomic mass is 10.0. The van der Waals surface area contributed by atoms with E-state index in [2.05, 4.69) is 9.88 Å². The number of nitro groups is 1. The third kappa shape index (κ3) is 5.57. The number of anilines is 1. The van der Waals surface area contributed by atoms with E-state index in [-0.39, 0.29) is 22.2 Å². The number of hydrogen-bond acceptors (Lipinski definition) is 7. The van der Waals surface area contributed by atoms with Gasteiger partial charge in [-0.2, -0.15) is 0 Å². The van der Waals surface area contributed by atoms with E-state index >= 15 is 0 Å². The van der Waals surface area contributed by atoms with Crippen LogP contribution in [0.3, 0.4) is 0 Å². The number of amides is 1. The van der Waals surface area contributed by atoms with Crippen molar-refractivity contribution in [3.05, 3.63) is 85.8 Å². The SMILES string of the molecule is COc1ccc(Cc2c(C)nc(C)nc2N2CCCN(C(=O)c3ccc([N+](=O)[O-])cc3Cl)CC2)cc1. The highest BCUT2D eigenvalue weighted by Gasteiger charge is 2.25. The minimum atomic E-state index is -0.529. The molecule has 188 valence electrons. The topological polar surface area (TPSA) is 102 Å². The van der Waals surface area contributed by atoms with Crippen LogP contribution in [0.2, 0.25) is 5.02 Å². The zero-order chi connectivity index (χ0) is 25.8. The summed E-state index contributed by atoms with van der Waals surface area (Å²) in [5, 5.41) is 11.1. The summed E-state index contributed by atoms with van der Waals surface area (Å²) in [5.41, 5.74) is 3.25. The lowest BCUT2D eigenvalue weighted by Gasteiger charge is -2.26. The molecule has 1 aliphatic rings. The maximum Gasteiger partial charge on any atom is 0.270 e. The summed E-state index contributed by atoms with van der Waals surface area (Å²) in [4.78, 5) is 37.0. The van der Waals surface area contributed by atoms with Gasteiger partial charge in [-0.3, -0.25) is 14.9 Å². The van der Waals surface area contributed by atoms with Gasteiger partial charge in [0.1, 0.15) is 17.4 Å². The molecule has 1 aromatic heterocycles. The molecule has 0 unspecified atom stereocenters. The predicted molar refractivity (Wildman–Crippen MR) is 138 cm³/mol. The Balaban J connectivity index is 1.54. The lowest BCUT2D eigenvalue weighted by molar-refractivity contribution is -0.384. The molecule has 2 heterocycles. The van der Waals surface area contributed by atoms with E-state index in [4.69, 9.17) is 21.3 Å². The molecule has 3 aromatic rings. The van der Waals surface area contributed by atoms with E-state index in [1.807, 2.05) is 38.1 Å². The second kappa shape index (κ2) is 10.9. The van der Waals surface area contributed by atoms with Crippen LogP contribution in [0.25, 0.3) is 0 Å². The first kappa shape index (κ1) is 25.4. The molecule has 4 rings (SSSR count). The molecule has 1 saturated heterocycles. The summed E-state index contributed by atoms with van der Waals surface area (Å²) in [6.45, 7) is 6.26. The summed E-state index contributed by atoms with van der Waals surface area (Å²) < 4.78 is 5.27. The lowest BCUT2D eigenvalue weighted by Crippen LogP contribution is -2.36. The van der Waals surface area contributed by atoms with E-state index in [0.29, 0.717) is 31.9 Å². The van der Waals surface area contributed by atoms with Crippen molar-refractivity contribution in [3.8, 4) is 5.75 Å². The molecule has 9 nitrogen and oxygen atoms in total. The third-order valence-electron chi connectivity index (χ3n) is 6.32. The molecule has 0 radical (unpaired) electrons. The number of ether oxygens (including phenoxy) is 1. The highest BCUT2D eigenvalue weighted by molar-refractivity contribution is 6.34. The molecule has 0 N–H and O–H groups in total. The third-order valence-corrected chi connectivity index (χ3v) is 6.63. The van der Waals surface area contributed by atoms with Crippen LogP contribution in [0.5, 0.6) is 5.75 Å². The summed E-state index contributed by atoms with van der Waals surface area (Å²) in [5.74, 6) is 2.17. The van der Waals surface area contributed by atoms with Crippen LogP contribution < -0.4 is 9.64 Å². The number of halogens is 1. The molecule has 2 aromatic carbocycles. The van der Waals surface area contributed by atoms with Crippen LogP contribution in [0.15, 0.2) is 42.5 Å². The predicted octanol–water partition coefficient (Wildman–Crippen LogP) is 4.61. The second-order valence-electron chi connectivity index (χ2n) is 8.74. The summed E-state index contributed by atoms with van der Waals surface area (Å²) in [6, 6.07) is 11.9. The number of rotatable bonds is 6. The second-order valence-corrected chi connectivity index (χ2v) is 9.14. The van der Waals surface area contributed by atoms with Gasteiger partial charge in [-0.05, 0) is 44.0 Å². The van der Waals surface area contributed by atoms with E-state index < -0.39 is 4.92 Å². The number of aromatic nitrogens is 2. The van der Waals surface area contributed by atoms with Gasteiger partial charge in [-0.25, -0.2) is 9.97 Å². The minimum absolute atomic E-state index is 0.0825. The quantitative estimate of drug-likeness (QED) is 0.353. The maximum absolute atomic E-state index is 13.2. The highest BCUT2D eigenvalue weighted by Crippen LogP contribution is 2.27. The molecule has 10 heteroatoms. The van der Waals surface area contributed by atoms with Crippen molar-refractivity contribution in [2.75, 3.05) is 38.2 Å². The van der Waals surface area contributed by atoms with Gasteiger partial charge < -0.3 is 14.5 Å². The largest absolute Gasteiger partial charge is 0.497 e. The Labute approximate surface area is 214 Å². The van der Waals surface area contributed by atoms with Gasteiger partial charge >= 0.3 is 0 Å². The number of hydrogen-bond donors (Lipinski definition) is 0. The number of benzene rings is 2. The van der Waals surface area contributed by atoms with E-state index in [1.165, 1.54) is 18.2 Å². The molecular weight excluding hydrogens is 482 g/mol. The van der Waals surface area contributed by atoms with Crippen LogP contribution in [0.4, 0.5) is 11.5 Å². The van der Waals surface area contributed by atoms with Gasteiger partial charge in [-0.15, -0.1) is 0 Å². The molecule has 0 aliphatic carbocycles. The fourth-order valence-electron chi connectivity index (χ4n) is 4.43. The molecule has 1 amide bonds. The number of non-ortho nitro benzene ring substituents is 1. The van der Waals surface area contributed by atoms with Crippen LogP contribution >= 0.6 is 11.6 Å². The van der Waals surface area contributed by atoms with Crippen LogP contribution in [-0.2, 0) is 6.42 Å². The Hall–Kier alpha value is -3.72. The van der Waals surface area contributed by atoms with Gasteiger partial charge in [0, 0.05) is 56.0 Å². The number of nitrogens with zero attached hydrogens (tertiary/aromatic N) is 5. The fraction of sp³-hybridized carbons (Fsp3) is 0.346. The number of carbonyl (C=O) groups is 1. The first-order valence-electron chi connectivity index (χ1n) is 11.7. The highest BCUT2D eigenvalue weighted by atomic mass is 35.5. The average Bonchev–Trinajstić information content (AvgIpc) is 3.12. The Morgan fingerprint density at radius 2 is 1.83 bits per heavy atom. The first-order chi connectivity index (χ1) is 17.3. The Morgan fingerprint density at radius 3 is 2.50 bits per heavy atom. The molecule has 1 aliphatic heterocycles. The average molecular weight is 510 g/mol. The smallest absolute Gasteiger partial charge is 0.270 e. The first-order valence-corrected chi connectivity index (χ1v) is 12.1. The summed E-state index contributed by atoms with van der Waals surface area (Å²) in [6.07, 6.45) is 1.43. The minimum Gasteiger partial charge on any atom is -0.497 e. The Morgan fingerprint density at radius 1 is 1.08 bits per heavy atom. The van der Waals surface area contributed by atoms with Crippen molar-refractivity contribution in [1.29, 1.82) is 0 Å². The molecule has 36 heavy (non-hydrogen) atoms. The van der Waals surface area contributed by atoms with Crippen molar-refractivity contribution < 1.29 is 14.5 Å². The van der Waals surface area contributed by atoms with Crippen molar-refractivity contribution in [3.63, 3.8) is 0 Å². The van der Waals surface area contributed by atoms with E-state index in [1.54, 1.807) is 12.0 Å². The van der Waals surface area contributed by atoms with Gasteiger partial charge in [-0.1, -0.05) is 23.7 Å². The Bertz CT molecular complexity index is 1280. The molecule has 0 spiro atoms. The molecular formula is C26H28ClN5O4. The monoisotopic (exact) mass is 509 g/mol. The van der Waals surface area contributed by atoms with Crippen molar-refractivity contribution in [1.82, 2.24) is 14.9 Å². The Kier molecular flexibility index (Phi) is 7.69. The van der Waals surface area contributed by atoms with E-state index in [0.717, 1.165) is 41.4 Å². The van der Waals surface area contributed by atoms with Gasteiger partial charge in [0.2, 0.25) is 0 Å². The number of carbonyl (C=O) groups excluding carboxylic acids is 1. The molecule has 0 saturated carbocycles. The number of aryl methyl sites for hydroxylation is 2. The fourth-order valence-corrected chi connectivity index (χ4v) is 4.68. The zero-order valence-electron chi connectivity index (χ0n) is 20.5. The van der Waals surface area contributed by atoms with E-state index in [9.17, 15) is 14.9 Å². The number of nitro benzene ring substituents is 1. The molecule has 0 bridgehead atoms. The van der Waals surface area contributed by atoms with Crippen molar-refractivity contribution in [2.45, 2.75) is 26.7 Å². The van der Waals surface area contributed by atoms with Gasteiger partial charge in [0.25, 0.3) is 11.6 Å². The maximum atomic E-state index is 13.2. The van der Waals surface area contributed by atoms with Crippen LogP contribution in [-0.4, -0.2) is 59.0 Å². The molecule has 1 fully saturated rings. The standard InChI is InChI=1S/C26H28ClN5O4/c1-17-23(15-19-5-8-21(36-3)9-6-19)25(29-18(2)28-17)30-11-4-12-31(14-13-30)26(33)22-10-7-20(32(34)35)16-24(22)27/h5-10,16H,4,11-15H2,1-3H3. The van der Waals surface area contributed by atoms with Gasteiger partial charge in [0.05, 0.1) is 22.6 Å². The van der Waals surface area contributed by atoms with Crippen molar-refractivity contribution in [2.24, 2.45) is 0 Å². The normalized spacial score (nSPS) is 13.9. The van der Waals surface area contributed by atoms with Gasteiger partial charge in [0.15, 0.2) is 0 Å². The van der Waals surface area contributed by atoms with Crippen LogP contribution in [0.1, 0.15) is 39.4 Å². The molecule has 0 atom stereocenters.